The predicted octanol–water partition coefficient (Wildman–Crippen LogP) is 4.56. The van der Waals surface area contributed by atoms with Crippen molar-refractivity contribution in [3.05, 3.63) is 77.7 Å². The van der Waals surface area contributed by atoms with Crippen LogP contribution < -0.4 is 0 Å². The molecule has 4 heteroatoms. The van der Waals surface area contributed by atoms with Crippen molar-refractivity contribution in [3.63, 3.8) is 0 Å². The molecule has 0 amide bonds. The number of hydrogen-bond donors (Lipinski definition) is 1. The molecule has 0 bridgehead atoms. The third-order valence-corrected chi connectivity index (χ3v) is 3.60. The van der Waals surface area contributed by atoms with E-state index in [1.165, 1.54) is 6.07 Å². The maximum Gasteiger partial charge on any atom is 0.335 e. The number of rotatable bonds is 3. The number of carboxylic acids is 1. The molecule has 3 nitrogen and oxygen atoms in total. The van der Waals surface area contributed by atoms with E-state index in [1.54, 1.807) is 49.5 Å². The fraction of sp³-hybridized carbons (Fsp3) is 0.0526. The molecule has 114 valence electrons. The third-order valence-electron chi connectivity index (χ3n) is 3.60. The van der Waals surface area contributed by atoms with Gasteiger partial charge in [-0.2, -0.15) is 0 Å². The highest BCUT2D eigenvalue weighted by Gasteiger charge is 2.08. The number of benzene rings is 2. The van der Waals surface area contributed by atoms with Crippen molar-refractivity contribution in [2.45, 2.75) is 6.92 Å². The molecule has 0 saturated heterocycles. The van der Waals surface area contributed by atoms with Gasteiger partial charge >= 0.3 is 5.97 Å². The van der Waals surface area contributed by atoms with Crippen LogP contribution in [0.3, 0.4) is 0 Å². The van der Waals surface area contributed by atoms with Crippen LogP contribution >= 0.6 is 0 Å². The molecule has 1 heterocycles. The molecule has 0 fully saturated rings. The minimum atomic E-state index is -0.951. The van der Waals surface area contributed by atoms with Gasteiger partial charge in [0.05, 0.1) is 5.56 Å². The molecule has 1 aromatic heterocycles. The summed E-state index contributed by atoms with van der Waals surface area (Å²) in [7, 11) is 0. The SMILES string of the molecule is Cc1cnc(-c2ccc(-c3ccc(C(=O)O)cc3)cc2)c(F)c1. The lowest BCUT2D eigenvalue weighted by atomic mass is 10.0. The van der Waals surface area contributed by atoms with E-state index in [9.17, 15) is 9.18 Å². The van der Waals surface area contributed by atoms with Gasteiger partial charge in [0, 0.05) is 11.8 Å². The molecular formula is C19H14FNO2. The smallest absolute Gasteiger partial charge is 0.335 e. The summed E-state index contributed by atoms with van der Waals surface area (Å²) in [5.74, 6) is -1.30. The van der Waals surface area contributed by atoms with Gasteiger partial charge in [-0.1, -0.05) is 36.4 Å². The van der Waals surface area contributed by atoms with Crippen molar-refractivity contribution in [2.75, 3.05) is 0 Å². The molecule has 23 heavy (non-hydrogen) atoms. The van der Waals surface area contributed by atoms with Crippen LogP contribution in [0.1, 0.15) is 15.9 Å². The summed E-state index contributed by atoms with van der Waals surface area (Å²) in [6, 6.07) is 15.4. The number of aryl methyl sites for hydroxylation is 1. The minimum absolute atomic E-state index is 0.247. The Balaban J connectivity index is 1.91. The molecule has 3 aromatic rings. The topological polar surface area (TPSA) is 50.2 Å². The first-order valence-corrected chi connectivity index (χ1v) is 7.11. The summed E-state index contributed by atoms with van der Waals surface area (Å²) >= 11 is 0. The molecule has 0 aliphatic rings. The lowest BCUT2D eigenvalue weighted by Gasteiger charge is -2.06. The van der Waals surface area contributed by atoms with Crippen LogP contribution in [0.25, 0.3) is 22.4 Å². The molecule has 0 aliphatic carbocycles. The highest BCUT2D eigenvalue weighted by Crippen LogP contribution is 2.25. The van der Waals surface area contributed by atoms with Crippen molar-refractivity contribution in [3.8, 4) is 22.4 Å². The summed E-state index contributed by atoms with van der Waals surface area (Å²) in [6.45, 7) is 1.80. The average molecular weight is 307 g/mol. The number of carbonyl (C=O) groups is 1. The maximum absolute atomic E-state index is 14.0. The molecule has 0 unspecified atom stereocenters. The Labute approximate surface area is 133 Å². The number of hydrogen-bond acceptors (Lipinski definition) is 2. The van der Waals surface area contributed by atoms with Gasteiger partial charge in [0.25, 0.3) is 0 Å². The second-order valence-electron chi connectivity index (χ2n) is 5.30. The average Bonchev–Trinajstić information content (AvgIpc) is 2.55. The Kier molecular flexibility index (Phi) is 3.89. The van der Waals surface area contributed by atoms with E-state index in [-0.39, 0.29) is 11.4 Å². The van der Waals surface area contributed by atoms with Crippen molar-refractivity contribution in [2.24, 2.45) is 0 Å². The van der Waals surface area contributed by atoms with Gasteiger partial charge in [-0.3, -0.25) is 4.98 Å². The van der Waals surface area contributed by atoms with E-state index in [0.29, 0.717) is 11.3 Å². The lowest BCUT2D eigenvalue weighted by Crippen LogP contribution is -1.95. The highest BCUT2D eigenvalue weighted by molar-refractivity contribution is 5.88. The van der Waals surface area contributed by atoms with Gasteiger partial charge in [0.15, 0.2) is 0 Å². The van der Waals surface area contributed by atoms with Crippen LogP contribution in [0.4, 0.5) is 4.39 Å². The number of carboxylic acid groups (broad SMARTS) is 1. The van der Waals surface area contributed by atoms with Crippen molar-refractivity contribution >= 4 is 5.97 Å². The van der Waals surface area contributed by atoms with Gasteiger partial charge in [0.1, 0.15) is 11.5 Å². The van der Waals surface area contributed by atoms with Crippen molar-refractivity contribution in [1.29, 1.82) is 0 Å². The number of nitrogens with zero attached hydrogens (tertiary/aromatic N) is 1. The van der Waals surface area contributed by atoms with E-state index < -0.39 is 5.97 Å². The van der Waals surface area contributed by atoms with Crippen LogP contribution in [-0.2, 0) is 0 Å². The van der Waals surface area contributed by atoms with E-state index in [0.717, 1.165) is 16.7 Å². The van der Waals surface area contributed by atoms with Crippen LogP contribution in [0, 0.1) is 12.7 Å². The van der Waals surface area contributed by atoms with E-state index in [4.69, 9.17) is 5.11 Å². The number of aromatic nitrogens is 1. The second-order valence-corrected chi connectivity index (χ2v) is 5.30. The normalized spacial score (nSPS) is 10.5. The third kappa shape index (κ3) is 3.11. The fourth-order valence-corrected chi connectivity index (χ4v) is 2.37. The molecule has 0 atom stereocenters. The predicted molar refractivity (Wildman–Crippen MR) is 86.8 cm³/mol. The summed E-state index contributed by atoms with van der Waals surface area (Å²) in [6.07, 6.45) is 1.64. The Bertz CT molecular complexity index is 856. The molecule has 2 aromatic carbocycles. The van der Waals surface area contributed by atoms with Gasteiger partial charge in [-0.15, -0.1) is 0 Å². The van der Waals surface area contributed by atoms with E-state index in [1.807, 2.05) is 12.1 Å². The summed E-state index contributed by atoms with van der Waals surface area (Å²) in [5.41, 5.74) is 3.88. The first-order valence-electron chi connectivity index (χ1n) is 7.11. The van der Waals surface area contributed by atoms with Crippen molar-refractivity contribution in [1.82, 2.24) is 4.98 Å². The highest BCUT2D eigenvalue weighted by atomic mass is 19.1. The second kappa shape index (κ2) is 6.01. The standard InChI is InChI=1S/C19H14FNO2/c1-12-10-17(20)18(21-11-12)15-6-2-13(3-7-15)14-4-8-16(9-5-14)19(22)23/h2-11H,1H3,(H,22,23). The zero-order valence-corrected chi connectivity index (χ0v) is 12.5. The molecule has 0 saturated carbocycles. The minimum Gasteiger partial charge on any atom is -0.478 e. The van der Waals surface area contributed by atoms with Gasteiger partial charge in [-0.25, -0.2) is 9.18 Å². The monoisotopic (exact) mass is 307 g/mol. The summed E-state index contributed by atoms with van der Waals surface area (Å²) in [5, 5.41) is 8.91. The van der Waals surface area contributed by atoms with Gasteiger partial charge in [-0.05, 0) is 41.8 Å². The quantitative estimate of drug-likeness (QED) is 0.771. The summed E-state index contributed by atoms with van der Waals surface area (Å²) < 4.78 is 14.0. The Hall–Kier alpha value is -3.01. The zero-order valence-electron chi connectivity index (χ0n) is 12.5. The van der Waals surface area contributed by atoms with Crippen LogP contribution in [0.2, 0.25) is 0 Å². The maximum atomic E-state index is 14.0. The van der Waals surface area contributed by atoms with E-state index >= 15 is 0 Å². The number of aromatic carboxylic acids is 1. The van der Waals surface area contributed by atoms with Crippen LogP contribution in [-0.4, -0.2) is 16.1 Å². The van der Waals surface area contributed by atoms with E-state index in [2.05, 4.69) is 4.98 Å². The largest absolute Gasteiger partial charge is 0.478 e. The Morgan fingerprint density at radius 3 is 2.00 bits per heavy atom. The number of pyridine rings is 1. The van der Waals surface area contributed by atoms with Crippen molar-refractivity contribution < 1.29 is 14.3 Å². The van der Waals surface area contributed by atoms with Gasteiger partial charge in [0.2, 0.25) is 0 Å². The first-order chi connectivity index (χ1) is 11.0. The molecule has 0 spiro atoms. The summed E-state index contributed by atoms with van der Waals surface area (Å²) in [4.78, 5) is 15.0. The molecule has 0 radical (unpaired) electrons. The Morgan fingerprint density at radius 1 is 0.957 bits per heavy atom. The Morgan fingerprint density at radius 2 is 1.48 bits per heavy atom. The lowest BCUT2D eigenvalue weighted by molar-refractivity contribution is 0.0697. The van der Waals surface area contributed by atoms with Crippen LogP contribution in [0.15, 0.2) is 60.8 Å². The van der Waals surface area contributed by atoms with Gasteiger partial charge < -0.3 is 5.11 Å². The molecule has 1 N–H and O–H groups in total. The number of halogens is 1. The first kappa shape index (κ1) is 14.9. The van der Waals surface area contributed by atoms with Crippen LogP contribution in [0.5, 0.6) is 0 Å². The zero-order chi connectivity index (χ0) is 16.4. The molecule has 3 rings (SSSR count). The molecule has 0 aliphatic heterocycles. The molecular weight excluding hydrogens is 293 g/mol. The fourth-order valence-electron chi connectivity index (χ4n) is 2.37.